The Morgan fingerprint density at radius 3 is 2.50 bits per heavy atom. The second-order valence-electron chi connectivity index (χ2n) is 9.12. The van der Waals surface area contributed by atoms with Crippen LogP contribution in [0.1, 0.15) is 34.3 Å². The molecule has 0 saturated carbocycles. The Morgan fingerprint density at radius 1 is 1.03 bits per heavy atom. The molecule has 0 aromatic heterocycles. The first-order chi connectivity index (χ1) is 18.2. The van der Waals surface area contributed by atoms with E-state index >= 15 is 0 Å². The van der Waals surface area contributed by atoms with Crippen molar-refractivity contribution < 1.29 is 19.1 Å². The van der Waals surface area contributed by atoms with Crippen LogP contribution in [-0.2, 0) is 22.6 Å². The number of hydrogen-bond donors (Lipinski definition) is 2. The van der Waals surface area contributed by atoms with Gasteiger partial charge in [-0.25, -0.2) is 0 Å². The third-order valence-electron chi connectivity index (χ3n) is 6.40. The molecule has 0 spiro atoms. The highest BCUT2D eigenvalue weighted by Gasteiger charge is 2.28. The zero-order valence-corrected chi connectivity index (χ0v) is 23.5. The number of nitrogens with zero attached hydrogens (tertiary/aromatic N) is 1. The number of primary amides is 1. The van der Waals surface area contributed by atoms with Crippen LogP contribution in [0.15, 0.2) is 65.1 Å². The van der Waals surface area contributed by atoms with Gasteiger partial charge in [-0.3, -0.25) is 14.4 Å². The van der Waals surface area contributed by atoms with Crippen molar-refractivity contribution in [3.63, 3.8) is 0 Å². The zero-order valence-electron chi connectivity index (χ0n) is 20.4. The number of nitrogens with one attached hydrogen (secondary N) is 1. The van der Waals surface area contributed by atoms with Crippen molar-refractivity contribution in [2.45, 2.75) is 25.9 Å². The molecule has 0 aliphatic carbocycles. The number of nitrogens with two attached hydrogens (primary N) is 1. The van der Waals surface area contributed by atoms with E-state index in [2.05, 4.69) is 21.2 Å². The maximum absolute atomic E-state index is 12.8. The van der Waals surface area contributed by atoms with Gasteiger partial charge in [0.15, 0.2) is 0 Å². The molecular formula is C28H26BrCl2N3O4. The van der Waals surface area contributed by atoms with E-state index in [-0.39, 0.29) is 23.6 Å². The molecule has 38 heavy (non-hydrogen) atoms. The van der Waals surface area contributed by atoms with Gasteiger partial charge in [0.25, 0.3) is 5.91 Å². The fourth-order valence-electron chi connectivity index (χ4n) is 4.39. The molecule has 0 unspecified atom stereocenters. The summed E-state index contributed by atoms with van der Waals surface area (Å²) >= 11 is 15.8. The minimum atomic E-state index is -0.778. The number of ether oxygens (including phenoxy) is 1. The van der Waals surface area contributed by atoms with E-state index in [0.29, 0.717) is 29.1 Å². The summed E-state index contributed by atoms with van der Waals surface area (Å²) in [6.07, 6.45) is 2.26. The van der Waals surface area contributed by atoms with Gasteiger partial charge in [0.05, 0.1) is 5.56 Å². The summed E-state index contributed by atoms with van der Waals surface area (Å²) in [5.74, 6) is -1.50. The van der Waals surface area contributed by atoms with E-state index in [9.17, 15) is 14.4 Å². The van der Waals surface area contributed by atoms with Crippen molar-refractivity contribution >= 4 is 62.5 Å². The molecule has 1 fully saturated rings. The molecule has 10 heteroatoms. The van der Waals surface area contributed by atoms with Crippen molar-refractivity contribution in [2.75, 3.05) is 18.4 Å². The fourth-order valence-corrected chi connectivity index (χ4v) is 5.23. The van der Waals surface area contributed by atoms with Gasteiger partial charge in [-0.1, -0.05) is 51.3 Å². The number of anilines is 1. The highest BCUT2D eigenvalue weighted by atomic mass is 79.9. The second-order valence-corrected chi connectivity index (χ2v) is 10.9. The van der Waals surface area contributed by atoms with Crippen LogP contribution < -0.4 is 15.8 Å². The molecule has 1 aliphatic rings. The molecule has 1 heterocycles. The van der Waals surface area contributed by atoms with Gasteiger partial charge >= 0.3 is 11.8 Å². The molecule has 3 N–H and O–H groups in total. The highest BCUT2D eigenvalue weighted by molar-refractivity contribution is 9.10. The summed E-state index contributed by atoms with van der Waals surface area (Å²) in [6.45, 7) is 1.15. The second kappa shape index (κ2) is 12.7. The Morgan fingerprint density at radius 2 is 1.79 bits per heavy atom. The number of amides is 3. The van der Waals surface area contributed by atoms with Gasteiger partial charge in [-0.15, -0.1) is 0 Å². The lowest BCUT2D eigenvalue weighted by atomic mass is 9.90. The average Bonchev–Trinajstić information content (AvgIpc) is 2.90. The van der Waals surface area contributed by atoms with Gasteiger partial charge in [-0.05, 0) is 84.8 Å². The van der Waals surface area contributed by atoms with Gasteiger partial charge in [-0.2, -0.15) is 0 Å². The van der Waals surface area contributed by atoms with E-state index in [0.717, 1.165) is 34.9 Å². The van der Waals surface area contributed by atoms with Crippen LogP contribution in [0.4, 0.5) is 5.69 Å². The summed E-state index contributed by atoms with van der Waals surface area (Å²) in [4.78, 5) is 39.1. The van der Waals surface area contributed by atoms with Gasteiger partial charge in [0.2, 0.25) is 0 Å². The quantitative estimate of drug-likeness (QED) is 0.324. The molecule has 3 aromatic carbocycles. The first kappa shape index (κ1) is 28.0. The van der Waals surface area contributed by atoms with E-state index in [4.69, 9.17) is 33.7 Å². The maximum Gasteiger partial charge on any atom is 0.313 e. The molecule has 4 rings (SSSR count). The summed E-state index contributed by atoms with van der Waals surface area (Å²) in [6, 6.07) is 17.5. The molecule has 0 atom stereocenters. The SMILES string of the molecule is NC(=O)c1cc(NC(=O)C(=O)N2CCC(Cc3cc(Cl)ccc3Cl)CC2)ccc1OCc1cccc(Br)c1. The molecule has 1 saturated heterocycles. The van der Waals surface area contributed by atoms with Crippen LogP contribution in [0.3, 0.4) is 0 Å². The Bertz CT molecular complexity index is 1360. The summed E-state index contributed by atoms with van der Waals surface area (Å²) in [5, 5.41) is 3.89. The number of piperidine rings is 1. The van der Waals surface area contributed by atoms with E-state index < -0.39 is 17.7 Å². The van der Waals surface area contributed by atoms with Crippen LogP contribution >= 0.6 is 39.1 Å². The van der Waals surface area contributed by atoms with Crippen LogP contribution in [0.2, 0.25) is 10.0 Å². The standard InChI is InChI=1S/C28H26BrCl2N3O4/c29-20-3-1-2-18(13-20)16-38-25-7-5-22(15-23(25)26(32)35)33-27(36)28(37)34-10-8-17(9-11-34)12-19-14-21(30)4-6-24(19)31/h1-7,13-15,17H,8-12,16H2,(H2,32,35)(H,33,36). The normalized spacial score (nSPS) is 13.7. The first-order valence-electron chi connectivity index (χ1n) is 12.0. The van der Waals surface area contributed by atoms with E-state index in [1.165, 1.54) is 11.0 Å². The maximum atomic E-state index is 12.8. The smallest absolute Gasteiger partial charge is 0.313 e. The lowest BCUT2D eigenvalue weighted by Crippen LogP contribution is -2.44. The minimum Gasteiger partial charge on any atom is -0.488 e. The first-order valence-corrected chi connectivity index (χ1v) is 13.6. The number of benzene rings is 3. The number of carbonyl (C=O) groups excluding carboxylic acids is 3. The van der Waals surface area contributed by atoms with Gasteiger partial charge < -0.3 is 20.7 Å². The van der Waals surface area contributed by atoms with Crippen LogP contribution in [0.5, 0.6) is 5.75 Å². The predicted molar refractivity (Wildman–Crippen MR) is 152 cm³/mol. The van der Waals surface area contributed by atoms with Gasteiger partial charge in [0, 0.05) is 33.3 Å². The number of hydrogen-bond acceptors (Lipinski definition) is 4. The fraction of sp³-hybridized carbons (Fsp3) is 0.250. The summed E-state index contributed by atoms with van der Waals surface area (Å²) in [7, 11) is 0. The molecule has 7 nitrogen and oxygen atoms in total. The summed E-state index contributed by atoms with van der Waals surface area (Å²) < 4.78 is 6.69. The Hall–Kier alpha value is -3.07. The number of rotatable bonds is 7. The van der Waals surface area contributed by atoms with Gasteiger partial charge in [0.1, 0.15) is 12.4 Å². The topological polar surface area (TPSA) is 102 Å². The van der Waals surface area contributed by atoms with Crippen molar-refractivity contribution in [1.82, 2.24) is 4.90 Å². The zero-order chi connectivity index (χ0) is 27.2. The monoisotopic (exact) mass is 617 g/mol. The van der Waals surface area contributed by atoms with Crippen LogP contribution in [0.25, 0.3) is 0 Å². The molecule has 1 aliphatic heterocycles. The molecule has 3 aromatic rings. The molecule has 0 radical (unpaired) electrons. The lowest BCUT2D eigenvalue weighted by Gasteiger charge is -2.31. The number of likely N-dealkylation sites (tertiary alicyclic amines) is 1. The lowest BCUT2D eigenvalue weighted by molar-refractivity contribution is -0.144. The van der Waals surface area contributed by atoms with E-state index in [1.54, 1.807) is 24.3 Å². The summed E-state index contributed by atoms with van der Waals surface area (Å²) in [5.41, 5.74) is 7.80. The van der Waals surface area contributed by atoms with Crippen molar-refractivity contribution in [1.29, 1.82) is 0 Å². The van der Waals surface area contributed by atoms with Crippen molar-refractivity contribution in [2.24, 2.45) is 11.7 Å². The predicted octanol–water partition coefficient (Wildman–Crippen LogP) is 5.85. The highest BCUT2D eigenvalue weighted by Crippen LogP contribution is 2.28. The number of halogens is 3. The largest absolute Gasteiger partial charge is 0.488 e. The van der Waals surface area contributed by atoms with Crippen LogP contribution in [0, 0.1) is 5.92 Å². The molecule has 198 valence electrons. The molecule has 0 bridgehead atoms. The third-order valence-corrected chi connectivity index (χ3v) is 7.50. The van der Waals surface area contributed by atoms with Crippen molar-refractivity contribution in [3.05, 3.63) is 91.9 Å². The Kier molecular flexibility index (Phi) is 9.31. The van der Waals surface area contributed by atoms with E-state index in [1.807, 2.05) is 30.3 Å². The number of carbonyl (C=O) groups is 3. The van der Waals surface area contributed by atoms with Crippen molar-refractivity contribution in [3.8, 4) is 5.75 Å². The third kappa shape index (κ3) is 7.28. The average molecular weight is 619 g/mol. The van der Waals surface area contributed by atoms with Crippen LogP contribution in [-0.4, -0.2) is 35.7 Å². The minimum absolute atomic E-state index is 0.103. The Balaban J connectivity index is 1.33. The molecular weight excluding hydrogens is 593 g/mol. The molecule has 3 amide bonds. The Labute approximate surface area is 239 Å².